The number of nitrogens with zero attached hydrogens (tertiary/aromatic N) is 2. The summed E-state index contributed by atoms with van der Waals surface area (Å²) in [5.74, 6) is 0.267. The van der Waals surface area contributed by atoms with E-state index in [1.165, 1.54) is 5.56 Å². The predicted octanol–water partition coefficient (Wildman–Crippen LogP) is 1.99. The average molecular weight is 294 g/mol. The van der Waals surface area contributed by atoms with E-state index in [4.69, 9.17) is 0 Å². The maximum atomic E-state index is 9.28. The molecule has 0 bridgehead atoms. The Morgan fingerprint density at radius 1 is 1.29 bits per heavy atom. The fourth-order valence-corrected chi connectivity index (χ4v) is 2.76. The van der Waals surface area contributed by atoms with Gasteiger partial charge in [0, 0.05) is 12.1 Å². The Morgan fingerprint density at radius 2 is 2.06 bits per heavy atom. The molecule has 3 rings (SSSR count). The second-order valence-corrected chi connectivity index (χ2v) is 4.82. The number of benzene rings is 1. The van der Waals surface area contributed by atoms with Crippen LogP contribution in [0.15, 0.2) is 28.9 Å². The van der Waals surface area contributed by atoms with Gasteiger partial charge in [0.1, 0.15) is 10.4 Å². The second kappa shape index (κ2) is 4.16. The lowest BCUT2D eigenvalue weighted by atomic mass is 10.1. The fourth-order valence-electron chi connectivity index (χ4n) is 2.05. The third kappa shape index (κ3) is 1.85. The van der Waals surface area contributed by atoms with Crippen molar-refractivity contribution < 1.29 is 5.11 Å². The number of hydrogen-bond acceptors (Lipinski definition) is 3. The molecule has 0 amide bonds. The molecule has 0 atom stereocenters. The fraction of sp³-hybridized carbons (Fsp3) is 0.250. The van der Waals surface area contributed by atoms with Crippen LogP contribution in [0.1, 0.15) is 11.3 Å². The summed E-state index contributed by atoms with van der Waals surface area (Å²) in [7, 11) is 0. The summed E-state index contributed by atoms with van der Waals surface area (Å²) in [5.41, 5.74) is 3.32. The van der Waals surface area contributed by atoms with E-state index in [2.05, 4.69) is 26.3 Å². The van der Waals surface area contributed by atoms with Crippen molar-refractivity contribution in [2.45, 2.75) is 13.0 Å². The zero-order valence-corrected chi connectivity index (χ0v) is 10.7. The van der Waals surface area contributed by atoms with Crippen LogP contribution in [-0.4, -0.2) is 21.4 Å². The highest BCUT2D eigenvalue weighted by atomic mass is 79.9. The van der Waals surface area contributed by atoms with Gasteiger partial charge in [-0.2, -0.15) is 5.10 Å². The van der Waals surface area contributed by atoms with Crippen molar-refractivity contribution in [1.29, 1.82) is 0 Å². The zero-order chi connectivity index (χ0) is 11.8. The first-order valence-corrected chi connectivity index (χ1v) is 6.31. The first-order valence-electron chi connectivity index (χ1n) is 5.52. The molecule has 0 spiro atoms. The molecule has 1 aliphatic rings. The molecule has 0 saturated carbocycles. The van der Waals surface area contributed by atoms with Gasteiger partial charge < -0.3 is 10.4 Å². The summed E-state index contributed by atoms with van der Waals surface area (Å²) in [6, 6.07) is 7.04. The van der Waals surface area contributed by atoms with Gasteiger partial charge in [0.2, 0.25) is 0 Å². The van der Waals surface area contributed by atoms with Gasteiger partial charge in [0.15, 0.2) is 0 Å². The van der Waals surface area contributed by atoms with E-state index >= 15 is 0 Å². The van der Waals surface area contributed by atoms with Crippen LogP contribution < -0.4 is 5.32 Å². The number of rotatable bonds is 1. The highest BCUT2D eigenvalue weighted by molar-refractivity contribution is 9.10. The third-order valence-corrected chi connectivity index (χ3v) is 3.76. The Balaban J connectivity index is 2.09. The predicted molar refractivity (Wildman–Crippen MR) is 68.3 cm³/mol. The van der Waals surface area contributed by atoms with E-state index < -0.39 is 0 Å². The minimum atomic E-state index is 0.267. The molecule has 4 nitrogen and oxygen atoms in total. The quantitative estimate of drug-likeness (QED) is 0.845. The SMILES string of the molecule is Oc1ccc(-n2nc3c(c2Br)CCNC3)cc1. The number of phenols is 1. The van der Waals surface area contributed by atoms with E-state index in [9.17, 15) is 5.11 Å². The standard InChI is InChI=1S/C12H12BrN3O/c13-12-10-5-6-14-7-11(10)15-16(12)8-1-3-9(17)4-2-8/h1-4,14,17H,5-7H2. The van der Waals surface area contributed by atoms with Gasteiger partial charge in [-0.1, -0.05) is 0 Å². The molecule has 2 heterocycles. The molecule has 1 aliphatic heterocycles. The maximum absolute atomic E-state index is 9.28. The molecule has 2 aromatic rings. The lowest BCUT2D eigenvalue weighted by molar-refractivity contribution is 0.475. The molecule has 2 N–H and O–H groups in total. The molecule has 5 heteroatoms. The Kier molecular flexibility index (Phi) is 2.64. The van der Waals surface area contributed by atoms with Crippen molar-refractivity contribution in [3.05, 3.63) is 40.1 Å². The van der Waals surface area contributed by atoms with Crippen molar-refractivity contribution in [2.24, 2.45) is 0 Å². The Hall–Kier alpha value is -1.33. The molecular weight excluding hydrogens is 282 g/mol. The highest BCUT2D eigenvalue weighted by Crippen LogP contribution is 2.26. The number of aromatic nitrogens is 2. The van der Waals surface area contributed by atoms with Gasteiger partial charge in [-0.05, 0) is 53.2 Å². The highest BCUT2D eigenvalue weighted by Gasteiger charge is 2.19. The Morgan fingerprint density at radius 3 is 2.76 bits per heavy atom. The van der Waals surface area contributed by atoms with E-state index in [1.807, 2.05) is 16.8 Å². The average Bonchev–Trinajstić information content (AvgIpc) is 2.69. The first-order chi connectivity index (χ1) is 8.25. The molecule has 0 radical (unpaired) electrons. The summed E-state index contributed by atoms with van der Waals surface area (Å²) >= 11 is 3.60. The van der Waals surface area contributed by atoms with E-state index in [0.29, 0.717) is 0 Å². The van der Waals surface area contributed by atoms with Crippen LogP contribution in [0.5, 0.6) is 5.75 Å². The summed E-state index contributed by atoms with van der Waals surface area (Å²) in [6.45, 7) is 1.81. The normalized spacial score (nSPS) is 14.6. The van der Waals surface area contributed by atoms with Gasteiger partial charge >= 0.3 is 0 Å². The summed E-state index contributed by atoms with van der Waals surface area (Å²) < 4.78 is 2.89. The van der Waals surface area contributed by atoms with Crippen LogP contribution in [-0.2, 0) is 13.0 Å². The van der Waals surface area contributed by atoms with Crippen LogP contribution in [0.25, 0.3) is 5.69 Å². The minimum absolute atomic E-state index is 0.267. The summed E-state index contributed by atoms with van der Waals surface area (Å²) in [5, 5.41) is 17.2. The van der Waals surface area contributed by atoms with E-state index in [1.54, 1.807) is 12.1 Å². The van der Waals surface area contributed by atoms with Crippen molar-refractivity contribution >= 4 is 15.9 Å². The number of hydrogen-bond donors (Lipinski definition) is 2. The van der Waals surface area contributed by atoms with Crippen molar-refractivity contribution in [3.63, 3.8) is 0 Å². The van der Waals surface area contributed by atoms with Gasteiger partial charge in [-0.3, -0.25) is 0 Å². The van der Waals surface area contributed by atoms with Crippen LogP contribution >= 0.6 is 15.9 Å². The molecule has 0 saturated heterocycles. The van der Waals surface area contributed by atoms with E-state index in [0.717, 1.165) is 35.5 Å². The summed E-state index contributed by atoms with van der Waals surface area (Å²) in [6.07, 6.45) is 0.994. The van der Waals surface area contributed by atoms with Crippen LogP contribution in [0.3, 0.4) is 0 Å². The van der Waals surface area contributed by atoms with E-state index in [-0.39, 0.29) is 5.75 Å². The van der Waals surface area contributed by atoms with Crippen LogP contribution in [0, 0.1) is 0 Å². The molecule has 0 aliphatic carbocycles. The molecule has 17 heavy (non-hydrogen) atoms. The number of fused-ring (bicyclic) bond motifs is 1. The van der Waals surface area contributed by atoms with Crippen molar-refractivity contribution in [3.8, 4) is 11.4 Å². The number of aromatic hydroxyl groups is 1. The largest absolute Gasteiger partial charge is 0.508 e. The Labute approximate surface area is 107 Å². The zero-order valence-electron chi connectivity index (χ0n) is 9.15. The number of nitrogens with one attached hydrogen (secondary N) is 1. The van der Waals surface area contributed by atoms with Crippen LogP contribution in [0.2, 0.25) is 0 Å². The van der Waals surface area contributed by atoms with Gasteiger partial charge in [0.25, 0.3) is 0 Å². The first kappa shape index (κ1) is 10.8. The van der Waals surface area contributed by atoms with Gasteiger partial charge in [0.05, 0.1) is 11.4 Å². The maximum Gasteiger partial charge on any atom is 0.115 e. The second-order valence-electron chi connectivity index (χ2n) is 4.07. The van der Waals surface area contributed by atoms with Gasteiger partial charge in [-0.15, -0.1) is 0 Å². The molecule has 0 unspecified atom stereocenters. The van der Waals surface area contributed by atoms with Gasteiger partial charge in [-0.25, -0.2) is 4.68 Å². The minimum Gasteiger partial charge on any atom is -0.508 e. The molecule has 1 aromatic carbocycles. The van der Waals surface area contributed by atoms with Crippen molar-refractivity contribution in [2.75, 3.05) is 6.54 Å². The third-order valence-electron chi connectivity index (χ3n) is 2.94. The van der Waals surface area contributed by atoms with Crippen LogP contribution in [0.4, 0.5) is 0 Å². The lowest BCUT2D eigenvalue weighted by Crippen LogP contribution is -2.23. The summed E-state index contributed by atoms with van der Waals surface area (Å²) in [4.78, 5) is 0. The number of halogens is 1. The lowest BCUT2D eigenvalue weighted by Gasteiger charge is -2.10. The van der Waals surface area contributed by atoms with Crippen molar-refractivity contribution in [1.82, 2.24) is 15.1 Å². The topological polar surface area (TPSA) is 50.1 Å². The molecule has 88 valence electrons. The smallest absolute Gasteiger partial charge is 0.115 e. The molecular formula is C12H12BrN3O. The monoisotopic (exact) mass is 293 g/mol. The molecule has 1 aromatic heterocycles. The Bertz CT molecular complexity index is 548. The number of phenolic OH excluding ortho intramolecular Hbond substituents is 1. The molecule has 0 fully saturated rings.